The average molecular weight is 491 g/mol. The summed E-state index contributed by atoms with van der Waals surface area (Å²) in [6.45, 7) is 0. The maximum atomic E-state index is 13.0. The molecule has 0 radical (unpaired) electrons. The van der Waals surface area contributed by atoms with E-state index in [9.17, 15) is 8.42 Å². The van der Waals surface area contributed by atoms with E-state index in [1.165, 1.54) is 19.2 Å². The van der Waals surface area contributed by atoms with Crippen molar-refractivity contribution < 1.29 is 17.9 Å². The van der Waals surface area contributed by atoms with Crippen molar-refractivity contribution in [2.45, 2.75) is 9.79 Å². The minimum Gasteiger partial charge on any atom is -0.495 e. The summed E-state index contributed by atoms with van der Waals surface area (Å²) in [5, 5.41) is 6.39. The summed E-state index contributed by atoms with van der Waals surface area (Å²) in [6.07, 6.45) is 0. The minimum absolute atomic E-state index is 0.132. The molecule has 4 aromatic carbocycles. The van der Waals surface area contributed by atoms with Crippen molar-refractivity contribution in [3.63, 3.8) is 0 Å². The average Bonchev–Trinajstić information content (AvgIpc) is 2.86. The molecule has 6 nitrogen and oxygen atoms in total. The molecule has 2 N–H and O–H groups in total. The monoisotopic (exact) mass is 490 g/mol. The third-order valence-electron chi connectivity index (χ3n) is 4.87. The van der Waals surface area contributed by atoms with Gasteiger partial charge in [0.1, 0.15) is 17.2 Å². The van der Waals surface area contributed by atoms with Crippen molar-refractivity contribution in [3.05, 3.63) is 103 Å². The molecule has 34 heavy (non-hydrogen) atoms. The Balaban J connectivity index is 1.47. The SMILES string of the molecule is COc1ccc(S(=O)(=O)c2ccccc2)cc1NC(=S)Nc1ccc(Oc2ccccc2)cc1. The van der Waals surface area contributed by atoms with Crippen LogP contribution < -0.4 is 20.1 Å². The van der Waals surface area contributed by atoms with Gasteiger partial charge in [0.25, 0.3) is 0 Å². The molecule has 172 valence electrons. The molecule has 0 aliphatic heterocycles. The van der Waals surface area contributed by atoms with E-state index in [-0.39, 0.29) is 14.9 Å². The van der Waals surface area contributed by atoms with Gasteiger partial charge in [0, 0.05) is 5.69 Å². The van der Waals surface area contributed by atoms with E-state index in [4.69, 9.17) is 21.7 Å². The molecule has 4 aromatic rings. The fourth-order valence-corrected chi connectivity index (χ4v) is 4.74. The zero-order valence-corrected chi connectivity index (χ0v) is 19.9. The number of para-hydroxylation sites is 1. The Bertz CT molecular complexity index is 1380. The van der Waals surface area contributed by atoms with Gasteiger partial charge in [-0.25, -0.2) is 8.42 Å². The third-order valence-corrected chi connectivity index (χ3v) is 6.85. The summed E-state index contributed by atoms with van der Waals surface area (Å²) in [6, 6.07) is 29.7. The van der Waals surface area contributed by atoms with Gasteiger partial charge in [0.05, 0.1) is 22.6 Å². The molecule has 8 heteroatoms. The highest BCUT2D eigenvalue weighted by Crippen LogP contribution is 2.31. The highest BCUT2D eigenvalue weighted by atomic mass is 32.2. The lowest BCUT2D eigenvalue weighted by atomic mass is 10.3. The summed E-state index contributed by atoms with van der Waals surface area (Å²) in [5.41, 5.74) is 1.17. The molecule has 4 rings (SSSR count). The zero-order valence-electron chi connectivity index (χ0n) is 18.3. The van der Waals surface area contributed by atoms with E-state index in [1.54, 1.807) is 36.4 Å². The molecule has 0 unspecified atom stereocenters. The maximum absolute atomic E-state index is 13.0. The first-order valence-corrected chi connectivity index (χ1v) is 12.2. The highest BCUT2D eigenvalue weighted by molar-refractivity contribution is 7.91. The summed E-state index contributed by atoms with van der Waals surface area (Å²) >= 11 is 5.44. The highest BCUT2D eigenvalue weighted by Gasteiger charge is 2.19. The number of hydrogen-bond acceptors (Lipinski definition) is 5. The zero-order chi connectivity index (χ0) is 24.0. The van der Waals surface area contributed by atoms with Crippen molar-refractivity contribution in [1.82, 2.24) is 0 Å². The molecule has 0 spiro atoms. The van der Waals surface area contributed by atoms with Crippen LogP contribution in [0.1, 0.15) is 0 Å². The van der Waals surface area contributed by atoms with Crippen molar-refractivity contribution in [1.29, 1.82) is 0 Å². The number of sulfone groups is 1. The van der Waals surface area contributed by atoms with E-state index < -0.39 is 9.84 Å². The second-order valence-corrected chi connectivity index (χ2v) is 9.56. The van der Waals surface area contributed by atoms with Gasteiger partial charge in [-0.2, -0.15) is 0 Å². The normalized spacial score (nSPS) is 10.9. The first-order chi connectivity index (χ1) is 16.5. The fourth-order valence-electron chi connectivity index (χ4n) is 3.20. The number of hydrogen-bond donors (Lipinski definition) is 2. The largest absolute Gasteiger partial charge is 0.495 e. The second-order valence-electron chi connectivity index (χ2n) is 7.20. The number of methoxy groups -OCH3 is 1. The lowest BCUT2D eigenvalue weighted by Crippen LogP contribution is -2.19. The van der Waals surface area contributed by atoms with Crippen molar-refractivity contribution in [2.24, 2.45) is 0 Å². The third kappa shape index (κ3) is 5.54. The van der Waals surface area contributed by atoms with Crippen LogP contribution in [-0.2, 0) is 9.84 Å². The Morgan fingerprint density at radius 1 is 0.735 bits per heavy atom. The first kappa shape index (κ1) is 23.3. The van der Waals surface area contributed by atoms with Crippen LogP contribution in [-0.4, -0.2) is 20.6 Å². The summed E-state index contributed by atoms with van der Waals surface area (Å²) < 4.78 is 37.2. The molecule has 0 fully saturated rings. The number of anilines is 2. The van der Waals surface area contributed by atoms with Crippen molar-refractivity contribution in [3.8, 4) is 17.2 Å². The van der Waals surface area contributed by atoms with Gasteiger partial charge >= 0.3 is 0 Å². The molecule has 0 heterocycles. The molecular formula is C26H22N2O4S2. The van der Waals surface area contributed by atoms with E-state index in [2.05, 4.69) is 10.6 Å². The van der Waals surface area contributed by atoms with Gasteiger partial charge < -0.3 is 20.1 Å². The van der Waals surface area contributed by atoms with Gasteiger partial charge in [-0.1, -0.05) is 36.4 Å². The molecule has 0 bridgehead atoms. The predicted molar refractivity (Wildman–Crippen MR) is 138 cm³/mol. The molecule has 0 saturated carbocycles. The Morgan fingerprint density at radius 3 is 2.00 bits per heavy atom. The van der Waals surface area contributed by atoms with Crippen molar-refractivity contribution >= 4 is 38.5 Å². The number of ether oxygens (including phenoxy) is 2. The number of thiocarbonyl (C=S) groups is 1. The van der Waals surface area contributed by atoms with Gasteiger partial charge in [0.15, 0.2) is 5.11 Å². The lowest BCUT2D eigenvalue weighted by Gasteiger charge is -2.15. The van der Waals surface area contributed by atoms with Crippen LogP contribution in [0.5, 0.6) is 17.2 Å². The molecule has 0 aliphatic carbocycles. The molecule has 0 aromatic heterocycles. The first-order valence-electron chi connectivity index (χ1n) is 10.3. The lowest BCUT2D eigenvalue weighted by molar-refractivity contribution is 0.416. The van der Waals surface area contributed by atoms with Gasteiger partial charge in [0.2, 0.25) is 9.84 Å². The molecule has 0 atom stereocenters. The summed E-state index contributed by atoms with van der Waals surface area (Å²) in [4.78, 5) is 0.344. The van der Waals surface area contributed by atoms with Crippen LogP contribution in [0.15, 0.2) is 113 Å². The predicted octanol–water partition coefficient (Wildman–Crippen LogP) is 6.13. The number of benzene rings is 4. The van der Waals surface area contributed by atoms with Crippen LogP contribution >= 0.6 is 12.2 Å². The van der Waals surface area contributed by atoms with E-state index in [0.29, 0.717) is 17.2 Å². The standard InChI is InChI=1S/C26H22N2O4S2/c1-31-25-17-16-23(34(29,30)22-10-6-3-7-11-22)18-24(25)28-26(33)27-19-12-14-21(15-13-19)32-20-8-4-2-5-9-20/h2-18H,1H3,(H2,27,28,33). The Kier molecular flexibility index (Phi) is 7.10. The Morgan fingerprint density at radius 2 is 1.35 bits per heavy atom. The molecule has 0 saturated heterocycles. The molecular weight excluding hydrogens is 468 g/mol. The van der Waals surface area contributed by atoms with Gasteiger partial charge in [-0.15, -0.1) is 0 Å². The van der Waals surface area contributed by atoms with Crippen LogP contribution in [0.25, 0.3) is 0 Å². The van der Waals surface area contributed by atoms with Gasteiger partial charge in [-0.05, 0) is 78.9 Å². The molecule has 0 aliphatic rings. The van der Waals surface area contributed by atoms with Crippen LogP contribution in [0.3, 0.4) is 0 Å². The quantitative estimate of drug-likeness (QED) is 0.302. The topological polar surface area (TPSA) is 76.7 Å². The maximum Gasteiger partial charge on any atom is 0.206 e. The Labute approximate surface area is 204 Å². The smallest absolute Gasteiger partial charge is 0.206 e. The van der Waals surface area contributed by atoms with Crippen LogP contribution in [0, 0.1) is 0 Å². The van der Waals surface area contributed by atoms with Crippen LogP contribution in [0.4, 0.5) is 11.4 Å². The number of nitrogens with one attached hydrogen (secondary N) is 2. The summed E-state index contributed by atoms with van der Waals surface area (Å²) in [7, 11) is -2.18. The van der Waals surface area contributed by atoms with Crippen molar-refractivity contribution in [2.75, 3.05) is 17.7 Å². The summed E-state index contributed by atoms with van der Waals surface area (Å²) in [5.74, 6) is 1.90. The van der Waals surface area contributed by atoms with E-state index >= 15 is 0 Å². The minimum atomic E-state index is -3.68. The number of rotatable bonds is 7. The molecule has 0 amide bonds. The fraction of sp³-hybridized carbons (Fsp3) is 0.0385. The second kappa shape index (κ2) is 10.4. The van der Waals surface area contributed by atoms with E-state index in [0.717, 1.165) is 11.4 Å². The van der Waals surface area contributed by atoms with Crippen LogP contribution in [0.2, 0.25) is 0 Å². The Hall–Kier alpha value is -3.88. The van der Waals surface area contributed by atoms with Gasteiger partial charge in [-0.3, -0.25) is 0 Å². The van der Waals surface area contributed by atoms with E-state index in [1.807, 2.05) is 54.6 Å².